The number of carbonyl (C=O) groups is 3. The Kier molecular flexibility index (Phi) is 12.1. The molecule has 2 amide bonds. The summed E-state index contributed by atoms with van der Waals surface area (Å²) < 4.78 is 20.8. The van der Waals surface area contributed by atoms with Crippen LogP contribution in [-0.2, 0) is 53.4 Å². The maximum Gasteiger partial charge on any atom is 0.357 e. The molecule has 340 valence electrons. The number of esters is 1. The number of anilines is 1. The first-order valence-electron chi connectivity index (χ1n) is 21.9. The predicted molar refractivity (Wildman–Crippen MR) is 259 cm³/mol. The van der Waals surface area contributed by atoms with E-state index in [9.17, 15) is 23.7 Å². The minimum Gasteiger partial charge on any atom is -0.508 e. The van der Waals surface area contributed by atoms with E-state index in [0.29, 0.717) is 35.0 Å². The van der Waals surface area contributed by atoms with Gasteiger partial charge in [-0.15, -0.1) is 11.3 Å². The van der Waals surface area contributed by atoms with E-state index >= 15 is 0 Å². The number of nitrogens with one attached hydrogen (secondary N) is 2. The number of β-lactam (4-membered cyclic amide) rings is 1. The molecule has 3 aliphatic heterocycles. The van der Waals surface area contributed by atoms with Gasteiger partial charge in [0.05, 0.1) is 22.2 Å². The zero-order valence-corrected chi connectivity index (χ0v) is 38.2. The molecule has 0 bridgehead atoms. The van der Waals surface area contributed by atoms with Crippen LogP contribution >= 0.6 is 11.3 Å². The summed E-state index contributed by atoms with van der Waals surface area (Å²) >= 11 is 1.26. The number of fused-ring (bicyclic) bond motifs is 2. The number of phenols is 1. The SMILES string of the molecule is CO/N=C(\C(=O)NC1C(=O)N2C(C(=O)OC(c3ccccc3)c3ccccc3)=C(N3Cc4ccc(O)cc4C3)CS(=O)[C@H]12)c1csc(NC(c2ccccc2)(c2ccccc2)c2ccccc2)n1. The van der Waals surface area contributed by atoms with Crippen LogP contribution in [0, 0.1) is 0 Å². The van der Waals surface area contributed by atoms with Gasteiger partial charge >= 0.3 is 5.97 Å². The standard InChI is InChI=1S/C53H44N6O7S2/c1-65-57-44(42-32-67-52(54-42)56-53(38-21-11-4-12-22-38,39-23-13-5-14-24-39)40-25-15-6-16-26-40)48(61)55-45-49(62)59-46(51(63)66-47(34-17-7-2-8-18-34)35-19-9-3-10-20-35)43(33-68(64)50(45)59)58-30-36-27-28-41(60)29-37(36)31-58/h2-29,32,45,47,50,60H,30-31,33H2,1H3,(H,54,56)(H,55,61)/b57-44-/t45?,50-,68?/m1/s1. The normalized spacial score (nSPS) is 17.8. The lowest BCUT2D eigenvalue weighted by Gasteiger charge is -2.50. The fraction of sp³-hybridized carbons (Fsp3) is 0.151. The van der Waals surface area contributed by atoms with Gasteiger partial charge in [-0.1, -0.05) is 163 Å². The van der Waals surface area contributed by atoms with Gasteiger partial charge in [-0.3, -0.25) is 18.7 Å². The lowest BCUT2D eigenvalue weighted by molar-refractivity contribution is -0.154. The lowest BCUT2D eigenvalue weighted by Crippen LogP contribution is -2.74. The molecule has 2 unspecified atom stereocenters. The van der Waals surface area contributed by atoms with Crippen LogP contribution in [-0.4, -0.2) is 71.9 Å². The first-order chi connectivity index (χ1) is 33.2. The Labute approximate surface area is 398 Å². The Bertz CT molecular complexity index is 2940. The van der Waals surface area contributed by atoms with Crippen molar-refractivity contribution in [3.63, 3.8) is 0 Å². The van der Waals surface area contributed by atoms with Crippen LogP contribution < -0.4 is 10.6 Å². The highest BCUT2D eigenvalue weighted by Crippen LogP contribution is 2.43. The van der Waals surface area contributed by atoms with E-state index in [2.05, 4.69) is 15.8 Å². The van der Waals surface area contributed by atoms with Gasteiger partial charge in [0.15, 0.2) is 22.6 Å². The van der Waals surface area contributed by atoms with Crippen LogP contribution in [0.1, 0.15) is 50.7 Å². The van der Waals surface area contributed by atoms with Crippen molar-refractivity contribution < 1.29 is 33.3 Å². The largest absolute Gasteiger partial charge is 0.508 e. The van der Waals surface area contributed by atoms with Crippen LogP contribution in [0.3, 0.4) is 0 Å². The minimum absolute atomic E-state index is 0.0567. The number of benzene rings is 6. The number of rotatable bonds is 14. The summed E-state index contributed by atoms with van der Waals surface area (Å²) in [5, 5.41) is 21.8. The Hall–Kier alpha value is -7.88. The molecule has 3 N–H and O–H groups in total. The molecule has 68 heavy (non-hydrogen) atoms. The van der Waals surface area contributed by atoms with E-state index in [4.69, 9.17) is 14.6 Å². The minimum atomic E-state index is -1.80. The zero-order valence-electron chi connectivity index (χ0n) is 36.6. The van der Waals surface area contributed by atoms with Gasteiger partial charge in [-0.05, 0) is 51.1 Å². The molecule has 4 heterocycles. The number of aromatic nitrogens is 1. The lowest BCUT2D eigenvalue weighted by atomic mass is 9.77. The second-order valence-electron chi connectivity index (χ2n) is 16.4. The fourth-order valence-electron chi connectivity index (χ4n) is 9.19. The first-order valence-corrected chi connectivity index (χ1v) is 24.1. The molecule has 7 aromatic rings. The van der Waals surface area contributed by atoms with E-state index in [0.717, 1.165) is 27.8 Å². The zero-order chi connectivity index (χ0) is 46.8. The summed E-state index contributed by atoms with van der Waals surface area (Å²) in [5.41, 5.74) is 5.40. The molecule has 0 spiro atoms. The Balaban J connectivity index is 0.951. The summed E-state index contributed by atoms with van der Waals surface area (Å²) in [6.07, 6.45) is -0.840. The number of thiazole rings is 1. The van der Waals surface area contributed by atoms with E-state index in [1.807, 2.05) is 157 Å². The molecule has 0 aliphatic carbocycles. The van der Waals surface area contributed by atoms with Crippen molar-refractivity contribution in [1.82, 2.24) is 20.1 Å². The predicted octanol–water partition coefficient (Wildman–Crippen LogP) is 7.58. The third-order valence-electron chi connectivity index (χ3n) is 12.4. The van der Waals surface area contributed by atoms with Gasteiger partial charge in [-0.25, -0.2) is 9.78 Å². The third kappa shape index (κ3) is 8.19. The third-order valence-corrected chi connectivity index (χ3v) is 14.7. The Morgan fingerprint density at radius 3 is 1.90 bits per heavy atom. The van der Waals surface area contributed by atoms with Crippen molar-refractivity contribution >= 4 is 50.8 Å². The van der Waals surface area contributed by atoms with Gasteiger partial charge in [0.2, 0.25) is 0 Å². The van der Waals surface area contributed by atoms with Crippen molar-refractivity contribution in [3.8, 4) is 5.75 Å². The van der Waals surface area contributed by atoms with E-state index in [1.165, 1.54) is 23.3 Å². The molecule has 6 aromatic carbocycles. The van der Waals surface area contributed by atoms with Crippen LogP contribution in [0.4, 0.5) is 5.13 Å². The highest BCUT2D eigenvalue weighted by Gasteiger charge is 2.58. The van der Waals surface area contributed by atoms with E-state index in [-0.39, 0.29) is 28.6 Å². The number of nitrogens with zero attached hydrogens (tertiary/aromatic N) is 4. The monoisotopic (exact) mass is 940 g/mol. The van der Waals surface area contributed by atoms with Gasteiger partial charge in [-0.2, -0.15) is 0 Å². The van der Waals surface area contributed by atoms with Gasteiger partial charge in [0.25, 0.3) is 11.8 Å². The molecule has 0 radical (unpaired) electrons. The summed E-state index contributed by atoms with van der Waals surface area (Å²) in [6.45, 7) is 0.641. The summed E-state index contributed by atoms with van der Waals surface area (Å²) in [7, 11) is -0.495. The molecule has 15 heteroatoms. The molecule has 1 aromatic heterocycles. The molecule has 3 aliphatic rings. The van der Waals surface area contributed by atoms with Crippen molar-refractivity contribution in [2.75, 3.05) is 18.2 Å². The first kappa shape index (κ1) is 44.0. The molecule has 3 atom stereocenters. The molecule has 1 fully saturated rings. The molecule has 10 rings (SSSR count). The number of carbonyl (C=O) groups excluding carboxylic acids is 3. The fourth-order valence-corrected chi connectivity index (χ4v) is 11.6. The quantitative estimate of drug-likeness (QED) is 0.0326. The highest BCUT2D eigenvalue weighted by molar-refractivity contribution is 7.86. The van der Waals surface area contributed by atoms with Crippen molar-refractivity contribution in [1.29, 1.82) is 0 Å². The van der Waals surface area contributed by atoms with Crippen LogP contribution in [0.25, 0.3) is 0 Å². The van der Waals surface area contributed by atoms with Gasteiger partial charge < -0.3 is 30.2 Å². The number of hydrogen-bond donors (Lipinski definition) is 3. The summed E-state index contributed by atoms with van der Waals surface area (Å²) in [4.78, 5) is 56.8. The molecular weight excluding hydrogens is 897 g/mol. The van der Waals surface area contributed by atoms with Crippen LogP contribution in [0.15, 0.2) is 192 Å². The van der Waals surface area contributed by atoms with Gasteiger partial charge in [0.1, 0.15) is 35.5 Å². The number of phenolic OH excluding ortho intramolecular Hbond substituents is 1. The van der Waals surface area contributed by atoms with Crippen molar-refractivity contribution in [2.24, 2.45) is 5.16 Å². The molecule has 1 saturated heterocycles. The average molecular weight is 941 g/mol. The van der Waals surface area contributed by atoms with Crippen molar-refractivity contribution in [2.45, 2.75) is 36.1 Å². The Morgan fingerprint density at radius 1 is 0.794 bits per heavy atom. The van der Waals surface area contributed by atoms with Crippen molar-refractivity contribution in [3.05, 3.63) is 231 Å². The maximum absolute atomic E-state index is 14.8. The van der Waals surface area contributed by atoms with Gasteiger partial charge in [0, 0.05) is 18.5 Å². The molecule has 13 nitrogen and oxygen atoms in total. The number of hydrogen-bond acceptors (Lipinski definition) is 12. The number of ether oxygens (including phenoxy) is 1. The highest BCUT2D eigenvalue weighted by atomic mass is 32.2. The summed E-state index contributed by atoms with van der Waals surface area (Å²) in [5.74, 6) is -2.25. The molecule has 0 saturated carbocycles. The second-order valence-corrected chi connectivity index (χ2v) is 18.8. The molecular formula is C53H44N6O7S2. The van der Waals surface area contributed by atoms with E-state index < -0.39 is 51.6 Å². The number of aromatic hydroxyl groups is 1. The van der Waals surface area contributed by atoms with E-state index in [1.54, 1.807) is 23.6 Å². The average Bonchev–Trinajstić information content (AvgIpc) is 4.03. The van der Waals surface area contributed by atoms with Crippen LogP contribution in [0.5, 0.6) is 5.75 Å². The summed E-state index contributed by atoms with van der Waals surface area (Å²) in [6, 6.07) is 52.4. The number of oxime groups is 1. The maximum atomic E-state index is 14.8. The topological polar surface area (TPSA) is 163 Å². The number of amides is 2. The Morgan fingerprint density at radius 2 is 1.34 bits per heavy atom. The smallest absolute Gasteiger partial charge is 0.357 e. The second kappa shape index (κ2) is 18.8. The van der Waals surface area contributed by atoms with Crippen LogP contribution in [0.2, 0.25) is 0 Å².